The molecule has 0 atom stereocenters. The smallest absolute Gasteiger partial charge is 0.510 e. The van der Waals surface area contributed by atoms with Gasteiger partial charge in [0.05, 0.1) is 5.75 Å². The molecule has 1 nitrogen and oxygen atoms in total. The Morgan fingerprint density at radius 1 is 0.833 bits per heavy atom. The van der Waals surface area contributed by atoms with Crippen LogP contribution in [0.5, 0.6) is 5.75 Å². The molecule has 0 bridgehead atoms. The van der Waals surface area contributed by atoms with Crippen LogP contribution in [0.25, 0.3) is 11.1 Å². The van der Waals surface area contributed by atoms with Gasteiger partial charge < -0.3 is 18.1 Å². The number of benzene rings is 2. The fourth-order valence-electron chi connectivity index (χ4n) is 1.68. The third-order valence-electron chi connectivity index (χ3n) is 2.50. The molecule has 0 heterocycles. The van der Waals surface area contributed by atoms with Crippen molar-refractivity contribution in [2.75, 3.05) is 0 Å². The van der Waals surface area contributed by atoms with Crippen LogP contribution in [-0.4, -0.2) is 12.1 Å². The average Bonchev–Trinajstić information content (AvgIpc) is 2.29. The second-order valence-corrected chi connectivity index (χ2v) is 3.68. The molecule has 0 aliphatic rings. The summed E-state index contributed by atoms with van der Waals surface area (Å²) in [6.07, 6.45) is 0. The largest absolute Gasteiger partial charge is 1.00 e. The van der Waals surface area contributed by atoms with Crippen molar-refractivity contribution in [2.24, 2.45) is 0 Å². The minimum atomic E-state index is -5.20. The van der Waals surface area contributed by atoms with Crippen molar-refractivity contribution in [1.82, 2.24) is 0 Å². The standard InChI is InChI=1S/C12H9BF3O.K/c14-13(15,16)11-8-4-7-10(12(11)17)9-5-2-1-3-6-9;/h1-8,17H;/q-1;+1. The molecule has 88 valence electrons. The Morgan fingerprint density at radius 3 is 2.00 bits per heavy atom. The van der Waals surface area contributed by atoms with E-state index in [2.05, 4.69) is 0 Å². The van der Waals surface area contributed by atoms with Crippen molar-refractivity contribution in [3.63, 3.8) is 0 Å². The first-order valence-corrected chi connectivity index (χ1v) is 5.07. The van der Waals surface area contributed by atoms with E-state index in [0.717, 1.165) is 6.07 Å². The molecule has 0 aliphatic heterocycles. The third kappa shape index (κ3) is 3.39. The van der Waals surface area contributed by atoms with Crippen LogP contribution in [0.3, 0.4) is 0 Å². The van der Waals surface area contributed by atoms with Gasteiger partial charge in [0.25, 0.3) is 0 Å². The first-order valence-electron chi connectivity index (χ1n) is 5.07. The van der Waals surface area contributed by atoms with E-state index < -0.39 is 18.2 Å². The van der Waals surface area contributed by atoms with Gasteiger partial charge in [-0.25, -0.2) is 0 Å². The second-order valence-electron chi connectivity index (χ2n) is 3.68. The summed E-state index contributed by atoms with van der Waals surface area (Å²) in [7, 11) is 0. The van der Waals surface area contributed by atoms with Gasteiger partial charge in [-0.1, -0.05) is 54.0 Å². The number of hydrogen-bond donors (Lipinski definition) is 1. The van der Waals surface area contributed by atoms with Gasteiger partial charge in [0, 0.05) is 5.56 Å². The van der Waals surface area contributed by atoms with E-state index in [1.165, 1.54) is 12.1 Å². The SMILES string of the molecule is Oc1c(-c2ccccc2)cccc1[B-](F)(F)F.[K+]. The summed E-state index contributed by atoms with van der Waals surface area (Å²) in [6.45, 7) is -5.20. The van der Waals surface area contributed by atoms with Crippen LogP contribution < -0.4 is 56.8 Å². The van der Waals surface area contributed by atoms with Crippen LogP contribution in [0, 0.1) is 0 Å². The molecule has 0 spiro atoms. The van der Waals surface area contributed by atoms with Gasteiger partial charge in [0.15, 0.2) is 0 Å². The maximum absolute atomic E-state index is 12.6. The molecule has 2 aromatic carbocycles. The van der Waals surface area contributed by atoms with Crippen LogP contribution >= 0.6 is 0 Å². The molecule has 6 heteroatoms. The van der Waals surface area contributed by atoms with Gasteiger partial charge in [-0.15, -0.1) is 0 Å². The Kier molecular flexibility index (Phi) is 5.49. The second kappa shape index (κ2) is 6.25. The number of para-hydroxylation sites is 1. The molecule has 0 saturated carbocycles. The van der Waals surface area contributed by atoms with Crippen molar-refractivity contribution in [2.45, 2.75) is 0 Å². The predicted octanol–water partition coefficient (Wildman–Crippen LogP) is 0.118. The molecule has 0 fully saturated rings. The number of aromatic hydroxyl groups is 1. The first-order chi connectivity index (χ1) is 8.00. The minimum Gasteiger partial charge on any atom is -0.510 e. The Morgan fingerprint density at radius 2 is 1.44 bits per heavy atom. The van der Waals surface area contributed by atoms with Crippen LogP contribution in [0.4, 0.5) is 12.9 Å². The predicted molar refractivity (Wildman–Crippen MR) is 62.3 cm³/mol. The van der Waals surface area contributed by atoms with Gasteiger partial charge in [-0.05, 0) is 5.56 Å². The fourth-order valence-corrected chi connectivity index (χ4v) is 1.68. The van der Waals surface area contributed by atoms with Crippen LogP contribution in [0.15, 0.2) is 48.5 Å². The van der Waals surface area contributed by atoms with Crippen molar-refractivity contribution in [1.29, 1.82) is 0 Å². The molecular weight excluding hydrogens is 267 g/mol. The number of rotatable bonds is 2. The summed E-state index contributed by atoms with van der Waals surface area (Å²) < 4.78 is 37.9. The van der Waals surface area contributed by atoms with Gasteiger partial charge in [0.1, 0.15) is 0 Å². The van der Waals surface area contributed by atoms with E-state index in [4.69, 9.17) is 0 Å². The summed E-state index contributed by atoms with van der Waals surface area (Å²) in [5, 5.41) is 9.67. The molecular formula is C12H9BF3KO. The van der Waals surface area contributed by atoms with Crippen molar-refractivity contribution in [3.05, 3.63) is 48.5 Å². The molecule has 2 aromatic rings. The third-order valence-corrected chi connectivity index (χ3v) is 2.50. The molecule has 0 saturated heterocycles. The van der Waals surface area contributed by atoms with Crippen molar-refractivity contribution >= 4 is 12.4 Å². The van der Waals surface area contributed by atoms with E-state index in [1.807, 2.05) is 0 Å². The molecule has 0 amide bonds. The summed E-state index contributed by atoms with van der Waals surface area (Å²) in [5.74, 6) is -0.703. The van der Waals surface area contributed by atoms with Crippen LogP contribution in [0.1, 0.15) is 0 Å². The molecule has 0 aliphatic carbocycles. The van der Waals surface area contributed by atoms with Gasteiger partial charge in [-0.2, -0.15) is 0 Å². The number of phenolic OH excluding ortho intramolecular Hbond substituents is 1. The average molecular weight is 276 g/mol. The maximum atomic E-state index is 12.6. The topological polar surface area (TPSA) is 20.2 Å². The Balaban J connectivity index is 0.00000162. The zero-order chi connectivity index (χ0) is 12.5. The summed E-state index contributed by atoms with van der Waals surface area (Å²) in [5.41, 5.74) is -0.194. The van der Waals surface area contributed by atoms with Crippen LogP contribution in [0.2, 0.25) is 0 Å². The monoisotopic (exact) mass is 276 g/mol. The quantitative estimate of drug-likeness (QED) is 0.772. The fraction of sp³-hybridized carbons (Fsp3) is 0. The molecule has 0 radical (unpaired) electrons. The Labute approximate surface area is 146 Å². The molecule has 0 unspecified atom stereocenters. The summed E-state index contributed by atoms with van der Waals surface area (Å²) >= 11 is 0. The van der Waals surface area contributed by atoms with Gasteiger partial charge in [-0.3, -0.25) is 0 Å². The molecule has 2 rings (SSSR count). The summed E-state index contributed by atoms with van der Waals surface area (Å²) in [4.78, 5) is 0. The Hall–Kier alpha value is -0.269. The van der Waals surface area contributed by atoms with E-state index in [1.54, 1.807) is 30.3 Å². The zero-order valence-corrected chi connectivity index (χ0v) is 12.9. The van der Waals surface area contributed by atoms with E-state index in [-0.39, 0.29) is 56.9 Å². The number of halogens is 3. The molecule has 0 aromatic heterocycles. The summed E-state index contributed by atoms with van der Waals surface area (Å²) in [6, 6.07) is 12.1. The van der Waals surface area contributed by atoms with Crippen molar-refractivity contribution in [3.8, 4) is 16.9 Å². The van der Waals surface area contributed by atoms with Crippen LogP contribution in [-0.2, 0) is 0 Å². The molecule has 1 N–H and O–H groups in total. The molecule has 18 heavy (non-hydrogen) atoms. The van der Waals surface area contributed by atoms with Gasteiger partial charge >= 0.3 is 58.4 Å². The first kappa shape index (κ1) is 15.8. The maximum Gasteiger partial charge on any atom is 1.00 e. The van der Waals surface area contributed by atoms with E-state index in [0.29, 0.717) is 5.56 Å². The Bertz CT molecular complexity index is 529. The minimum absolute atomic E-state index is 0. The normalized spacial score (nSPS) is 10.8. The van der Waals surface area contributed by atoms with E-state index >= 15 is 0 Å². The number of phenols is 1. The van der Waals surface area contributed by atoms with Gasteiger partial charge in [0.2, 0.25) is 0 Å². The van der Waals surface area contributed by atoms with E-state index in [9.17, 15) is 18.1 Å². The van der Waals surface area contributed by atoms with Crippen molar-refractivity contribution < 1.29 is 69.4 Å². The zero-order valence-electron chi connectivity index (χ0n) is 9.78. The number of hydrogen-bond acceptors (Lipinski definition) is 1.